The second-order valence-corrected chi connectivity index (χ2v) is 5.63. The number of carbonyl (C=O) groups excluding carboxylic acids is 3. The van der Waals surface area contributed by atoms with Gasteiger partial charge in [-0.3, -0.25) is 15.0 Å². The Hall–Kier alpha value is -3.65. The third kappa shape index (κ3) is 4.74. The number of hydrogen-bond acceptors (Lipinski definition) is 6. The number of rotatable bonds is 6. The van der Waals surface area contributed by atoms with Crippen molar-refractivity contribution >= 4 is 47.2 Å². The first-order valence-corrected chi connectivity index (χ1v) is 7.88. The maximum Gasteiger partial charge on any atom is 0.379 e. The number of carbonyl (C=O) groups is 3. The molecule has 0 bridgehead atoms. The predicted octanol–water partition coefficient (Wildman–Crippen LogP) is 2.17. The first-order valence-electron chi connectivity index (χ1n) is 7.88. The summed E-state index contributed by atoms with van der Waals surface area (Å²) in [7, 11) is 0. The van der Waals surface area contributed by atoms with Gasteiger partial charge >= 0.3 is 5.97 Å². The molecule has 1 heterocycles. The quantitative estimate of drug-likeness (QED) is 0.145. The molecule has 0 spiro atoms. The Bertz CT molecular complexity index is 1060. The Kier molecular flexibility index (Phi) is 6.51. The largest absolute Gasteiger partial charge is 0.452 e. The molecule has 0 aliphatic heterocycles. The number of fused-ring (bicyclic) bond motifs is 1. The second kappa shape index (κ2) is 8.83. The average Bonchev–Trinajstić information content (AvgIpc) is 3.14. The zero-order chi connectivity index (χ0) is 19.4. The van der Waals surface area contributed by atoms with Gasteiger partial charge in [0.25, 0.3) is 5.91 Å². The van der Waals surface area contributed by atoms with Crippen LogP contribution in [0, 0.1) is 5.41 Å². The fourth-order valence-electron chi connectivity index (χ4n) is 2.41. The molecule has 28 heavy (non-hydrogen) atoms. The summed E-state index contributed by atoms with van der Waals surface area (Å²) in [6, 6.07) is 13.3. The number of furan rings is 1. The summed E-state index contributed by atoms with van der Waals surface area (Å²) in [4.78, 5) is 33.4. The standard InChI is InChI=1S/C19H15N3O5.ClH/c20-18(21)13-2-1-12-8-14(4-3-11(12)7-13)27-19(25)16-6-5-15(26-16)9-22-17(24)10-23;/h1-8,10H,9H2,(H3,20,21)(H,22,24);1H. The van der Waals surface area contributed by atoms with Gasteiger partial charge in [-0.15, -0.1) is 12.4 Å². The van der Waals surface area contributed by atoms with Gasteiger partial charge in [-0.25, -0.2) is 4.79 Å². The van der Waals surface area contributed by atoms with E-state index in [1.807, 2.05) is 0 Å². The zero-order valence-electron chi connectivity index (χ0n) is 14.4. The van der Waals surface area contributed by atoms with E-state index in [0.717, 1.165) is 10.8 Å². The van der Waals surface area contributed by atoms with E-state index in [1.165, 1.54) is 12.1 Å². The summed E-state index contributed by atoms with van der Waals surface area (Å²) < 4.78 is 10.6. The molecule has 0 atom stereocenters. The lowest BCUT2D eigenvalue weighted by Crippen LogP contribution is -2.23. The van der Waals surface area contributed by atoms with E-state index in [1.54, 1.807) is 36.4 Å². The van der Waals surface area contributed by atoms with Crippen molar-refractivity contribution in [1.82, 2.24) is 5.32 Å². The van der Waals surface area contributed by atoms with Crippen LogP contribution in [-0.2, 0) is 16.1 Å². The van der Waals surface area contributed by atoms with Crippen LogP contribution in [0.15, 0.2) is 52.9 Å². The highest BCUT2D eigenvalue weighted by atomic mass is 35.5. The second-order valence-electron chi connectivity index (χ2n) is 5.63. The molecule has 9 heteroatoms. The Balaban J connectivity index is 0.00000280. The van der Waals surface area contributed by atoms with Crippen LogP contribution in [0.1, 0.15) is 21.9 Å². The maximum atomic E-state index is 12.2. The fourth-order valence-corrected chi connectivity index (χ4v) is 2.41. The SMILES string of the molecule is Cl.N=C(N)c1ccc2cc(OC(=O)c3ccc(CNC(=O)C=O)o3)ccc2c1. The lowest BCUT2D eigenvalue weighted by molar-refractivity contribution is -0.131. The van der Waals surface area contributed by atoms with Crippen LogP contribution in [0.3, 0.4) is 0 Å². The lowest BCUT2D eigenvalue weighted by Gasteiger charge is -2.06. The molecular weight excluding hydrogens is 386 g/mol. The van der Waals surface area contributed by atoms with Crippen LogP contribution in [0.5, 0.6) is 5.75 Å². The highest BCUT2D eigenvalue weighted by Crippen LogP contribution is 2.23. The molecule has 2 aromatic carbocycles. The minimum absolute atomic E-state index is 0. The topological polar surface area (TPSA) is 135 Å². The zero-order valence-corrected chi connectivity index (χ0v) is 15.2. The van der Waals surface area contributed by atoms with Gasteiger partial charge in [0.15, 0.2) is 0 Å². The van der Waals surface area contributed by atoms with Crippen LogP contribution in [0.2, 0.25) is 0 Å². The van der Waals surface area contributed by atoms with Gasteiger partial charge in [0.05, 0.1) is 6.54 Å². The van der Waals surface area contributed by atoms with Crippen molar-refractivity contribution in [3.8, 4) is 5.75 Å². The molecule has 0 unspecified atom stereocenters. The average molecular weight is 402 g/mol. The molecule has 144 valence electrons. The van der Waals surface area contributed by atoms with E-state index < -0.39 is 11.9 Å². The summed E-state index contributed by atoms with van der Waals surface area (Å²) in [5, 5.41) is 11.4. The summed E-state index contributed by atoms with van der Waals surface area (Å²) in [5.41, 5.74) is 6.08. The number of nitrogens with one attached hydrogen (secondary N) is 2. The minimum atomic E-state index is -0.778. The number of hydrogen-bond donors (Lipinski definition) is 3. The summed E-state index contributed by atoms with van der Waals surface area (Å²) in [6.07, 6.45) is 0.150. The van der Waals surface area contributed by atoms with Crippen LogP contribution < -0.4 is 15.8 Å². The Labute approximate surface area is 165 Å². The number of benzene rings is 2. The van der Waals surface area contributed by atoms with Crippen molar-refractivity contribution in [2.45, 2.75) is 6.54 Å². The Morgan fingerprint density at radius 2 is 1.82 bits per heavy atom. The molecular formula is C19H16ClN3O5. The number of esters is 1. The number of ether oxygens (including phenoxy) is 1. The highest BCUT2D eigenvalue weighted by Gasteiger charge is 2.14. The van der Waals surface area contributed by atoms with E-state index in [-0.39, 0.29) is 36.8 Å². The smallest absolute Gasteiger partial charge is 0.379 e. The molecule has 8 nitrogen and oxygen atoms in total. The van der Waals surface area contributed by atoms with Crippen LogP contribution >= 0.6 is 12.4 Å². The van der Waals surface area contributed by atoms with Crippen molar-refractivity contribution in [3.05, 3.63) is 65.6 Å². The van der Waals surface area contributed by atoms with E-state index in [0.29, 0.717) is 17.1 Å². The Morgan fingerprint density at radius 3 is 2.54 bits per heavy atom. The van der Waals surface area contributed by atoms with Crippen molar-refractivity contribution in [3.63, 3.8) is 0 Å². The molecule has 1 aromatic heterocycles. The molecule has 0 fully saturated rings. The van der Waals surface area contributed by atoms with Gasteiger partial charge < -0.3 is 20.2 Å². The third-order valence-electron chi connectivity index (χ3n) is 3.74. The van der Waals surface area contributed by atoms with E-state index >= 15 is 0 Å². The van der Waals surface area contributed by atoms with Crippen LogP contribution in [0.25, 0.3) is 10.8 Å². The van der Waals surface area contributed by atoms with E-state index in [2.05, 4.69) is 5.32 Å². The lowest BCUT2D eigenvalue weighted by atomic mass is 10.1. The fraction of sp³-hybridized carbons (Fsp3) is 0.0526. The normalized spacial score (nSPS) is 10.0. The van der Waals surface area contributed by atoms with Crippen LogP contribution in [0.4, 0.5) is 0 Å². The molecule has 1 amide bonds. The van der Waals surface area contributed by atoms with Crippen LogP contribution in [-0.4, -0.2) is 24.0 Å². The van der Waals surface area contributed by atoms with Gasteiger partial charge in [0.2, 0.25) is 12.0 Å². The molecule has 4 N–H and O–H groups in total. The number of halogens is 1. The molecule has 0 saturated carbocycles. The molecule has 0 aliphatic carbocycles. The van der Waals surface area contributed by atoms with Crippen molar-refractivity contribution < 1.29 is 23.5 Å². The van der Waals surface area contributed by atoms with Gasteiger partial charge in [0, 0.05) is 5.56 Å². The summed E-state index contributed by atoms with van der Waals surface area (Å²) in [6.45, 7) is -0.0146. The monoisotopic (exact) mass is 401 g/mol. The first kappa shape index (κ1) is 20.7. The molecule has 0 aliphatic rings. The molecule has 3 rings (SSSR count). The van der Waals surface area contributed by atoms with Crippen molar-refractivity contribution in [2.24, 2.45) is 5.73 Å². The van der Waals surface area contributed by atoms with Crippen molar-refractivity contribution in [1.29, 1.82) is 5.41 Å². The minimum Gasteiger partial charge on any atom is -0.452 e. The van der Waals surface area contributed by atoms with E-state index in [9.17, 15) is 14.4 Å². The molecule has 3 aromatic rings. The van der Waals surface area contributed by atoms with Gasteiger partial charge in [-0.2, -0.15) is 0 Å². The maximum absolute atomic E-state index is 12.2. The number of amides is 1. The van der Waals surface area contributed by atoms with Gasteiger partial charge in [-0.05, 0) is 41.1 Å². The van der Waals surface area contributed by atoms with Gasteiger partial charge in [-0.1, -0.05) is 18.2 Å². The number of aldehydes is 1. The first-order chi connectivity index (χ1) is 13.0. The van der Waals surface area contributed by atoms with Gasteiger partial charge in [0.1, 0.15) is 17.3 Å². The van der Waals surface area contributed by atoms with Crippen molar-refractivity contribution in [2.75, 3.05) is 0 Å². The molecule has 0 saturated heterocycles. The number of nitrogen functional groups attached to an aromatic ring is 1. The predicted molar refractivity (Wildman–Crippen MR) is 104 cm³/mol. The van der Waals surface area contributed by atoms with E-state index in [4.69, 9.17) is 20.3 Å². The number of nitrogens with two attached hydrogens (primary N) is 1. The summed E-state index contributed by atoms with van der Waals surface area (Å²) in [5.74, 6) is -0.882. The highest BCUT2D eigenvalue weighted by molar-refractivity contribution is 6.23. The third-order valence-corrected chi connectivity index (χ3v) is 3.74. The Morgan fingerprint density at radius 1 is 1.11 bits per heavy atom. The summed E-state index contributed by atoms with van der Waals surface area (Å²) >= 11 is 0. The number of amidine groups is 1. The molecule has 0 radical (unpaired) electrons.